The molecule has 3 rings (SSSR count). The number of rotatable bonds is 11. The molecule has 35 heavy (non-hydrogen) atoms. The summed E-state index contributed by atoms with van der Waals surface area (Å²) in [5, 5.41) is 23.0. The van der Waals surface area contributed by atoms with Crippen LogP contribution in [0.1, 0.15) is 6.23 Å². The van der Waals surface area contributed by atoms with Crippen molar-refractivity contribution < 1.29 is 56.5 Å². The number of anilines is 1. The molecule has 1 aliphatic heterocycles. The van der Waals surface area contributed by atoms with Crippen molar-refractivity contribution in [3.05, 3.63) is 16.7 Å². The molecule has 0 radical (unpaired) electrons. The molecule has 0 saturated carbocycles. The number of hydrogen-bond acceptors (Lipinski definition) is 14. The lowest BCUT2D eigenvalue weighted by molar-refractivity contribution is -0.0503. The van der Waals surface area contributed by atoms with Gasteiger partial charge in [-0.3, -0.25) is 23.4 Å². The first-order chi connectivity index (χ1) is 16.1. The summed E-state index contributed by atoms with van der Waals surface area (Å²) >= 11 is 0. The van der Waals surface area contributed by atoms with Crippen molar-refractivity contribution in [3.63, 3.8) is 0 Å². The summed E-state index contributed by atoms with van der Waals surface area (Å²) in [6.07, 6.45) is -5.82. The predicted octanol–water partition coefficient (Wildman–Crippen LogP) is -1.86. The topological polar surface area (TPSA) is 291 Å². The number of aliphatic hydroxyl groups excluding tert-OH is 2. The average Bonchev–Trinajstić information content (AvgIpc) is 3.25. The Morgan fingerprint density at radius 1 is 1.20 bits per heavy atom. The largest absolute Gasteiger partial charge is 0.488 e. The lowest BCUT2D eigenvalue weighted by Gasteiger charge is -2.20. The minimum absolute atomic E-state index is 0.0936. The lowest BCUT2D eigenvalue weighted by Crippen LogP contribution is -2.33. The van der Waals surface area contributed by atoms with E-state index in [1.165, 1.54) is 0 Å². The summed E-state index contributed by atoms with van der Waals surface area (Å²) in [4.78, 5) is 50.6. The molecular weight excluding hydrogens is 560 g/mol. The van der Waals surface area contributed by atoms with Crippen molar-refractivity contribution in [2.24, 2.45) is 0 Å². The van der Waals surface area contributed by atoms with Gasteiger partial charge in [0.25, 0.3) is 5.56 Å². The van der Waals surface area contributed by atoms with Gasteiger partial charge in [-0.1, -0.05) is 9.39 Å². The molecule has 1 fully saturated rings. The second kappa shape index (κ2) is 10.7. The van der Waals surface area contributed by atoms with Gasteiger partial charge in [-0.05, 0) is 0 Å². The molecule has 1 aliphatic rings. The summed E-state index contributed by atoms with van der Waals surface area (Å²) in [5.41, 5.74) is 4.59. The maximum absolute atomic E-state index is 12.1. The quantitative estimate of drug-likeness (QED) is 0.135. The maximum Gasteiger partial charge on any atom is 0.488 e. The van der Waals surface area contributed by atoms with E-state index in [1.54, 1.807) is 0 Å². The smallest absolute Gasteiger partial charge is 0.387 e. The van der Waals surface area contributed by atoms with Crippen molar-refractivity contribution in [1.82, 2.24) is 24.6 Å². The fraction of sp³-hybridized carbons (Fsp3) is 0.583. The van der Waals surface area contributed by atoms with Crippen LogP contribution in [0.15, 0.2) is 11.1 Å². The molecule has 0 aliphatic carbocycles. The zero-order chi connectivity index (χ0) is 26.2. The van der Waals surface area contributed by atoms with Crippen LogP contribution >= 0.6 is 32.6 Å². The molecular formula is C12H22N6O13P4. The minimum Gasteiger partial charge on any atom is -0.387 e. The molecule has 2 aromatic heterocycles. The van der Waals surface area contributed by atoms with E-state index in [0.29, 0.717) is 0 Å². The number of phosphoric acid groups is 2. The van der Waals surface area contributed by atoms with Crippen LogP contribution in [-0.4, -0.2) is 82.0 Å². The van der Waals surface area contributed by atoms with Crippen molar-refractivity contribution in [2.75, 3.05) is 25.0 Å². The zero-order valence-electron chi connectivity index (χ0n) is 17.3. The molecule has 1 saturated heterocycles. The average molecular weight is 582 g/mol. The molecule has 0 amide bonds. The van der Waals surface area contributed by atoms with Crippen LogP contribution in [0.3, 0.4) is 0 Å². The van der Waals surface area contributed by atoms with Crippen molar-refractivity contribution in [3.8, 4) is 0 Å². The highest BCUT2D eigenvalue weighted by Gasteiger charge is 2.47. The van der Waals surface area contributed by atoms with E-state index in [2.05, 4.69) is 33.2 Å². The number of aliphatic hydroxyl groups is 2. The summed E-state index contributed by atoms with van der Waals surface area (Å²) in [7, 11) is -13.6. The number of imidazole rings is 1. The van der Waals surface area contributed by atoms with E-state index < -0.39 is 66.1 Å². The molecule has 19 nitrogen and oxygen atoms in total. The van der Waals surface area contributed by atoms with Gasteiger partial charge in [-0.2, -0.15) is 9.29 Å². The molecule has 198 valence electrons. The number of H-pyrrole nitrogens is 1. The molecule has 8 atom stereocenters. The number of nitrogen functional groups attached to an aromatic ring is 1. The molecule has 0 bridgehead atoms. The fourth-order valence-corrected chi connectivity index (χ4v) is 7.34. The predicted molar refractivity (Wildman–Crippen MR) is 119 cm³/mol. The zero-order valence-corrected chi connectivity index (χ0v) is 21.2. The third-order valence-corrected chi connectivity index (χ3v) is 9.49. The second-order valence-corrected chi connectivity index (χ2v) is 12.6. The Balaban J connectivity index is 1.67. The Morgan fingerprint density at radius 3 is 2.54 bits per heavy atom. The van der Waals surface area contributed by atoms with Crippen LogP contribution in [0, 0.1) is 0 Å². The second-order valence-electron chi connectivity index (χ2n) is 7.03. The maximum atomic E-state index is 12.1. The van der Waals surface area contributed by atoms with E-state index in [1.807, 2.05) is 9.39 Å². The Labute approximate surface area is 197 Å². The molecule has 8 unspecified atom stereocenters. The summed E-state index contributed by atoms with van der Waals surface area (Å²) in [6, 6.07) is 0. The summed E-state index contributed by atoms with van der Waals surface area (Å²) < 4.78 is 54.8. The molecule has 0 aromatic carbocycles. The number of aromatic nitrogens is 4. The highest BCUT2D eigenvalue weighted by Crippen LogP contribution is 2.67. The van der Waals surface area contributed by atoms with Gasteiger partial charge in [0.15, 0.2) is 17.4 Å². The minimum atomic E-state index is -5.56. The molecule has 9 N–H and O–H groups in total. The molecule has 0 spiro atoms. The number of fused-ring (bicyclic) bond motifs is 1. The van der Waals surface area contributed by atoms with Gasteiger partial charge in [-0.15, -0.1) is 0 Å². The van der Waals surface area contributed by atoms with Gasteiger partial charge in [0.1, 0.15) is 18.3 Å². The molecule has 2 aromatic rings. The number of aromatic amines is 1. The first-order valence-corrected chi connectivity index (χ1v) is 14.7. The van der Waals surface area contributed by atoms with Gasteiger partial charge in [0.2, 0.25) is 5.95 Å². The summed E-state index contributed by atoms with van der Waals surface area (Å²) in [5.74, 6) is -0.261. The summed E-state index contributed by atoms with van der Waals surface area (Å²) in [6.45, 7) is -1.08. The number of nitrogens with one attached hydrogen (secondary N) is 2. The van der Waals surface area contributed by atoms with Crippen LogP contribution in [0.2, 0.25) is 0 Å². The fourth-order valence-electron chi connectivity index (χ4n) is 2.97. The van der Waals surface area contributed by atoms with Gasteiger partial charge >= 0.3 is 23.2 Å². The van der Waals surface area contributed by atoms with Crippen LogP contribution in [0.5, 0.6) is 0 Å². The van der Waals surface area contributed by atoms with Crippen LogP contribution in [0.4, 0.5) is 5.95 Å². The SMILES string of the molecule is Nc1nc2c(ncn2C2OC(COP(=O)(O)OP(=O)(O)OP(=O)(O)CCNP)C(O)C2O)c(=O)[nH]1. The van der Waals surface area contributed by atoms with E-state index in [0.717, 1.165) is 10.9 Å². The Bertz CT molecular complexity index is 1270. The van der Waals surface area contributed by atoms with Crippen molar-refractivity contribution in [1.29, 1.82) is 0 Å². The van der Waals surface area contributed by atoms with Gasteiger partial charge in [0.05, 0.1) is 19.1 Å². The van der Waals surface area contributed by atoms with Gasteiger partial charge in [0, 0.05) is 6.54 Å². The van der Waals surface area contributed by atoms with E-state index in [-0.39, 0.29) is 23.7 Å². The van der Waals surface area contributed by atoms with Gasteiger partial charge < -0.3 is 40.5 Å². The third-order valence-electron chi connectivity index (χ3n) is 4.44. The highest BCUT2D eigenvalue weighted by atomic mass is 31.3. The van der Waals surface area contributed by atoms with Crippen LogP contribution in [-0.2, 0) is 31.6 Å². The number of nitrogens with two attached hydrogens (primary N) is 1. The standard InChI is InChI=1S/C12H22N6O13P4/c13-12-16-9-6(10(21)17-12)14-4-18(9)11-8(20)7(19)5(29-11)3-28-34(24,25)31-35(26,27)30-33(22,23)2-1-15-32/h4-5,7-8,11,15,19-20H,1-3,32H2,(H,22,23)(H,24,25)(H,26,27)(H3,13,16,17,21). The van der Waals surface area contributed by atoms with Crippen LogP contribution in [0.25, 0.3) is 11.2 Å². The van der Waals surface area contributed by atoms with Crippen LogP contribution < -0.4 is 16.4 Å². The van der Waals surface area contributed by atoms with Crippen molar-refractivity contribution >= 4 is 49.7 Å². The molecule has 3 heterocycles. The van der Waals surface area contributed by atoms with Gasteiger partial charge in [-0.25, -0.2) is 18.4 Å². The Morgan fingerprint density at radius 2 is 1.89 bits per heavy atom. The number of hydrogen-bond donors (Lipinski definition) is 8. The molecule has 23 heteroatoms. The first kappa shape index (κ1) is 28.4. The number of nitrogens with zero attached hydrogens (tertiary/aromatic N) is 3. The monoisotopic (exact) mass is 582 g/mol. The Hall–Kier alpha value is -1.13. The number of ether oxygens (including phenoxy) is 1. The van der Waals surface area contributed by atoms with Crippen molar-refractivity contribution in [2.45, 2.75) is 24.5 Å². The van der Waals surface area contributed by atoms with E-state index in [4.69, 9.17) is 10.5 Å². The van der Waals surface area contributed by atoms with E-state index in [9.17, 15) is 43.4 Å². The third kappa shape index (κ3) is 7.01. The lowest BCUT2D eigenvalue weighted by atomic mass is 10.1. The Kier molecular flexibility index (Phi) is 8.69. The first-order valence-electron chi connectivity index (χ1n) is 9.37. The van der Waals surface area contributed by atoms with E-state index >= 15 is 0 Å². The highest BCUT2D eigenvalue weighted by molar-refractivity contribution is 7.68. The normalized spacial score (nSPS) is 27.9. The number of phosphoric ester groups is 1.